The van der Waals surface area contributed by atoms with Gasteiger partial charge >= 0.3 is 0 Å². The Balaban J connectivity index is 1.66. The summed E-state index contributed by atoms with van der Waals surface area (Å²) in [7, 11) is 0. The lowest BCUT2D eigenvalue weighted by atomic mass is 9.94. The fourth-order valence-electron chi connectivity index (χ4n) is 3.32. The van der Waals surface area contributed by atoms with Crippen LogP contribution in [0.1, 0.15) is 64.1 Å². The molecule has 0 atom stereocenters. The summed E-state index contributed by atoms with van der Waals surface area (Å²) in [6.07, 6.45) is 10.9. The highest BCUT2D eigenvalue weighted by Gasteiger charge is 2.29. The Bertz CT molecular complexity index is 406. The third-order valence-electron chi connectivity index (χ3n) is 4.67. The summed E-state index contributed by atoms with van der Waals surface area (Å²) >= 11 is 0. The lowest BCUT2D eigenvalue weighted by molar-refractivity contribution is 0.136. The van der Waals surface area contributed by atoms with Crippen LogP contribution in [-0.2, 0) is 13.1 Å². The van der Waals surface area contributed by atoms with Crippen molar-refractivity contribution in [1.82, 2.24) is 25.1 Å². The number of nitrogens with zero attached hydrogens (tertiary/aromatic N) is 5. The van der Waals surface area contributed by atoms with Crippen molar-refractivity contribution in [3.63, 3.8) is 0 Å². The Labute approximate surface area is 121 Å². The molecule has 1 heterocycles. The van der Waals surface area contributed by atoms with Crippen LogP contribution in [-0.4, -0.2) is 37.7 Å². The Morgan fingerprint density at radius 2 is 1.95 bits per heavy atom. The lowest BCUT2D eigenvalue weighted by Crippen LogP contribution is -2.38. The molecule has 2 aliphatic rings. The van der Waals surface area contributed by atoms with Crippen molar-refractivity contribution in [3.8, 4) is 0 Å². The SMILES string of the molecule is CCCn1nnnc1CN(CC1CC1)C1CCCCC1. The summed E-state index contributed by atoms with van der Waals surface area (Å²) in [5.41, 5.74) is 0. The van der Waals surface area contributed by atoms with Gasteiger partial charge in [0.15, 0.2) is 5.82 Å². The molecule has 0 spiro atoms. The third-order valence-corrected chi connectivity index (χ3v) is 4.67. The number of aryl methyl sites for hydroxylation is 1. The second-order valence-electron chi connectivity index (χ2n) is 6.48. The third kappa shape index (κ3) is 3.57. The molecule has 5 nitrogen and oxygen atoms in total. The van der Waals surface area contributed by atoms with Crippen LogP contribution in [0.5, 0.6) is 0 Å². The van der Waals surface area contributed by atoms with E-state index in [9.17, 15) is 0 Å². The first-order valence-corrected chi connectivity index (χ1v) is 8.36. The van der Waals surface area contributed by atoms with Crippen molar-refractivity contribution in [2.75, 3.05) is 6.54 Å². The molecule has 20 heavy (non-hydrogen) atoms. The van der Waals surface area contributed by atoms with Gasteiger partial charge in [-0.1, -0.05) is 26.2 Å². The number of hydrogen-bond acceptors (Lipinski definition) is 4. The monoisotopic (exact) mass is 277 g/mol. The summed E-state index contributed by atoms with van der Waals surface area (Å²) < 4.78 is 1.99. The zero-order valence-electron chi connectivity index (χ0n) is 12.7. The van der Waals surface area contributed by atoms with E-state index in [1.807, 2.05) is 4.68 Å². The quantitative estimate of drug-likeness (QED) is 0.768. The molecule has 0 amide bonds. The van der Waals surface area contributed by atoms with Gasteiger partial charge in [0.1, 0.15) is 0 Å². The number of aromatic nitrogens is 4. The Morgan fingerprint density at radius 1 is 1.15 bits per heavy atom. The van der Waals surface area contributed by atoms with E-state index in [0.717, 1.165) is 37.3 Å². The van der Waals surface area contributed by atoms with Gasteiger partial charge in [-0.25, -0.2) is 4.68 Å². The number of hydrogen-bond donors (Lipinski definition) is 0. The molecule has 3 rings (SSSR count). The topological polar surface area (TPSA) is 46.8 Å². The molecule has 112 valence electrons. The maximum atomic E-state index is 4.26. The van der Waals surface area contributed by atoms with Crippen LogP contribution in [0.2, 0.25) is 0 Å². The van der Waals surface area contributed by atoms with Gasteiger partial charge in [-0.2, -0.15) is 0 Å². The first-order chi connectivity index (χ1) is 9.86. The first kappa shape index (κ1) is 14.0. The van der Waals surface area contributed by atoms with Crippen LogP contribution >= 0.6 is 0 Å². The summed E-state index contributed by atoms with van der Waals surface area (Å²) in [5.74, 6) is 1.99. The molecule has 2 aliphatic carbocycles. The van der Waals surface area contributed by atoms with Gasteiger partial charge in [-0.05, 0) is 48.4 Å². The molecule has 1 aromatic rings. The van der Waals surface area contributed by atoms with E-state index in [-0.39, 0.29) is 0 Å². The van der Waals surface area contributed by atoms with Crippen molar-refractivity contribution in [2.24, 2.45) is 5.92 Å². The van der Waals surface area contributed by atoms with Crippen LogP contribution in [0.25, 0.3) is 0 Å². The second-order valence-corrected chi connectivity index (χ2v) is 6.48. The van der Waals surface area contributed by atoms with E-state index in [1.54, 1.807) is 0 Å². The molecule has 0 saturated heterocycles. The van der Waals surface area contributed by atoms with Crippen LogP contribution < -0.4 is 0 Å². The molecule has 2 saturated carbocycles. The van der Waals surface area contributed by atoms with Gasteiger partial charge < -0.3 is 0 Å². The smallest absolute Gasteiger partial charge is 0.165 e. The zero-order chi connectivity index (χ0) is 13.8. The summed E-state index contributed by atoms with van der Waals surface area (Å²) in [5, 5.41) is 12.3. The highest BCUT2D eigenvalue weighted by molar-refractivity contribution is 4.88. The predicted molar refractivity (Wildman–Crippen MR) is 78.1 cm³/mol. The number of rotatable bonds is 7. The van der Waals surface area contributed by atoms with E-state index >= 15 is 0 Å². The van der Waals surface area contributed by atoms with Gasteiger partial charge in [0.25, 0.3) is 0 Å². The van der Waals surface area contributed by atoms with E-state index < -0.39 is 0 Å². The zero-order valence-corrected chi connectivity index (χ0v) is 12.7. The van der Waals surface area contributed by atoms with Crippen molar-refractivity contribution in [1.29, 1.82) is 0 Å². The van der Waals surface area contributed by atoms with Gasteiger partial charge in [0, 0.05) is 19.1 Å². The van der Waals surface area contributed by atoms with E-state index in [1.165, 1.54) is 51.5 Å². The van der Waals surface area contributed by atoms with E-state index in [0.29, 0.717) is 0 Å². The Morgan fingerprint density at radius 3 is 2.65 bits per heavy atom. The van der Waals surface area contributed by atoms with Crippen molar-refractivity contribution >= 4 is 0 Å². The van der Waals surface area contributed by atoms with Gasteiger partial charge in [0.2, 0.25) is 0 Å². The van der Waals surface area contributed by atoms with Crippen LogP contribution in [0, 0.1) is 5.92 Å². The molecule has 0 aliphatic heterocycles. The molecule has 1 aromatic heterocycles. The Kier molecular flexibility index (Phi) is 4.65. The van der Waals surface area contributed by atoms with Gasteiger partial charge in [0.05, 0.1) is 6.54 Å². The summed E-state index contributed by atoms with van der Waals surface area (Å²) in [6, 6.07) is 0.760. The van der Waals surface area contributed by atoms with Crippen LogP contribution in [0.3, 0.4) is 0 Å². The molecular weight excluding hydrogens is 250 g/mol. The molecule has 0 bridgehead atoms. The minimum atomic E-state index is 0.760. The van der Waals surface area contributed by atoms with Crippen LogP contribution in [0.15, 0.2) is 0 Å². The molecule has 5 heteroatoms. The minimum Gasteiger partial charge on any atom is -0.293 e. The summed E-state index contributed by atoms with van der Waals surface area (Å²) in [4.78, 5) is 2.68. The van der Waals surface area contributed by atoms with Gasteiger partial charge in [-0.3, -0.25) is 4.90 Å². The molecule has 0 N–H and O–H groups in total. The van der Waals surface area contributed by atoms with Crippen molar-refractivity contribution in [2.45, 2.75) is 77.4 Å². The summed E-state index contributed by atoms with van der Waals surface area (Å²) in [6.45, 7) is 5.30. The molecular formula is C15H27N5. The lowest BCUT2D eigenvalue weighted by Gasteiger charge is -2.34. The molecule has 0 unspecified atom stereocenters. The fraction of sp³-hybridized carbons (Fsp3) is 0.933. The second kappa shape index (κ2) is 6.66. The van der Waals surface area contributed by atoms with Crippen LogP contribution in [0.4, 0.5) is 0 Å². The Hall–Kier alpha value is -0.970. The normalized spacial score (nSPS) is 20.7. The minimum absolute atomic E-state index is 0.760. The highest BCUT2D eigenvalue weighted by Crippen LogP contribution is 2.33. The average Bonchev–Trinajstić information content (AvgIpc) is 3.20. The van der Waals surface area contributed by atoms with E-state index in [4.69, 9.17) is 0 Å². The maximum absolute atomic E-state index is 4.26. The fourth-order valence-corrected chi connectivity index (χ4v) is 3.32. The predicted octanol–water partition coefficient (Wildman–Crippen LogP) is 2.63. The maximum Gasteiger partial charge on any atom is 0.165 e. The van der Waals surface area contributed by atoms with E-state index in [2.05, 4.69) is 27.3 Å². The van der Waals surface area contributed by atoms with Crippen molar-refractivity contribution in [3.05, 3.63) is 5.82 Å². The standard InChI is InChI=1S/C15H27N5/c1-2-10-20-15(16-17-18-20)12-19(11-13-8-9-13)14-6-4-3-5-7-14/h13-14H,2-12H2,1H3. The first-order valence-electron chi connectivity index (χ1n) is 8.36. The largest absolute Gasteiger partial charge is 0.293 e. The van der Waals surface area contributed by atoms with Gasteiger partial charge in [-0.15, -0.1) is 5.10 Å². The number of tetrazole rings is 1. The average molecular weight is 277 g/mol. The molecule has 0 aromatic carbocycles. The van der Waals surface area contributed by atoms with Crippen molar-refractivity contribution < 1.29 is 0 Å². The highest BCUT2D eigenvalue weighted by atomic mass is 15.5. The molecule has 2 fully saturated rings. The molecule has 0 radical (unpaired) electrons.